The second-order valence-corrected chi connectivity index (χ2v) is 4.74. The van der Waals surface area contributed by atoms with E-state index in [1.807, 2.05) is 36.4 Å². The third-order valence-electron chi connectivity index (χ3n) is 3.22. The number of nitrogens with one attached hydrogen (secondary N) is 1. The molecule has 0 saturated carbocycles. The van der Waals surface area contributed by atoms with E-state index in [2.05, 4.69) is 5.32 Å². The molecule has 2 aromatic rings. The van der Waals surface area contributed by atoms with Crippen LogP contribution in [0.25, 0.3) is 10.8 Å². The van der Waals surface area contributed by atoms with Crippen molar-refractivity contribution >= 4 is 22.4 Å². The molecule has 0 aromatic heterocycles. The van der Waals surface area contributed by atoms with Crippen LogP contribution in [-0.4, -0.2) is 26.2 Å². The number of ether oxygens (including phenoxy) is 1. The highest BCUT2D eigenvalue weighted by atomic mass is 16.5. The van der Waals surface area contributed by atoms with E-state index in [-0.39, 0.29) is 5.91 Å². The molecule has 2 rings (SSSR count). The number of hydrogen-bond donors (Lipinski definition) is 2. The van der Waals surface area contributed by atoms with Gasteiger partial charge in [0, 0.05) is 25.9 Å². The minimum Gasteiger partial charge on any atom is -0.398 e. The van der Waals surface area contributed by atoms with Crippen molar-refractivity contribution in [2.24, 2.45) is 0 Å². The van der Waals surface area contributed by atoms with Gasteiger partial charge in [0.1, 0.15) is 0 Å². The highest BCUT2D eigenvalue weighted by Gasteiger charge is 2.10. The van der Waals surface area contributed by atoms with Gasteiger partial charge >= 0.3 is 0 Å². The van der Waals surface area contributed by atoms with Crippen molar-refractivity contribution in [3.63, 3.8) is 0 Å². The maximum atomic E-state index is 12.1. The van der Waals surface area contributed by atoms with Gasteiger partial charge in [-0.2, -0.15) is 0 Å². The Kier molecular flexibility index (Phi) is 4.96. The van der Waals surface area contributed by atoms with Crippen LogP contribution in [0.4, 0.5) is 5.69 Å². The first kappa shape index (κ1) is 14.3. The van der Waals surface area contributed by atoms with Crippen molar-refractivity contribution in [2.45, 2.75) is 12.8 Å². The first-order chi connectivity index (χ1) is 9.72. The van der Waals surface area contributed by atoms with E-state index in [0.29, 0.717) is 24.4 Å². The molecule has 106 valence electrons. The van der Waals surface area contributed by atoms with E-state index in [1.165, 1.54) is 0 Å². The number of hydrogen-bond acceptors (Lipinski definition) is 3. The van der Waals surface area contributed by atoms with Crippen LogP contribution >= 0.6 is 0 Å². The van der Waals surface area contributed by atoms with Crippen LogP contribution in [-0.2, 0) is 4.74 Å². The zero-order valence-corrected chi connectivity index (χ0v) is 11.7. The molecule has 0 radical (unpaired) electrons. The molecular weight excluding hydrogens is 252 g/mol. The molecule has 0 aliphatic heterocycles. The van der Waals surface area contributed by atoms with E-state index in [9.17, 15) is 4.79 Å². The molecule has 4 heteroatoms. The van der Waals surface area contributed by atoms with Crippen LogP contribution in [0.1, 0.15) is 23.2 Å². The topological polar surface area (TPSA) is 64.3 Å². The molecule has 0 fully saturated rings. The summed E-state index contributed by atoms with van der Waals surface area (Å²) < 4.78 is 4.97. The first-order valence-electron chi connectivity index (χ1n) is 6.78. The summed E-state index contributed by atoms with van der Waals surface area (Å²) in [6.07, 6.45) is 1.83. The molecule has 20 heavy (non-hydrogen) atoms. The zero-order valence-electron chi connectivity index (χ0n) is 11.7. The van der Waals surface area contributed by atoms with Crippen molar-refractivity contribution in [3.05, 3.63) is 42.0 Å². The van der Waals surface area contributed by atoms with Crippen molar-refractivity contribution < 1.29 is 9.53 Å². The Morgan fingerprint density at radius 3 is 2.60 bits per heavy atom. The predicted molar refractivity (Wildman–Crippen MR) is 81.8 cm³/mol. The summed E-state index contributed by atoms with van der Waals surface area (Å²) in [6, 6.07) is 11.6. The highest BCUT2D eigenvalue weighted by Crippen LogP contribution is 2.21. The normalized spacial score (nSPS) is 10.7. The van der Waals surface area contributed by atoms with Gasteiger partial charge in [0.2, 0.25) is 0 Å². The van der Waals surface area contributed by atoms with Crippen molar-refractivity contribution in [1.82, 2.24) is 5.32 Å². The number of methoxy groups -OCH3 is 1. The molecule has 0 atom stereocenters. The second kappa shape index (κ2) is 6.91. The fraction of sp³-hybridized carbons (Fsp3) is 0.312. The van der Waals surface area contributed by atoms with Crippen LogP contribution in [0.15, 0.2) is 36.4 Å². The lowest BCUT2D eigenvalue weighted by Gasteiger charge is -2.09. The number of carbonyl (C=O) groups is 1. The lowest BCUT2D eigenvalue weighted by molar-refractivity contribution is 0.0952. The van der Waals surface area contributed by atoms with Gasteiger partial charge in [0.15, 0.2) is 0 Å². The number of unbranched alkanes of at least 4 members (excludes halogenated alkanes) is 1. The summed E-state index contributed by atoms with van der Waals surface area (Å²) in [5.41, 5.74) is 7.01. The summed E-state index contributed by atoms with van der Waals surface area (Å²) in [5.74, 6) is -0.120. The number of nitrogens with two attached hydrogens (primary N) is 1. The van der Waals surface area contributed by atoms with Crippen molar-refractivity contribution in [3.8, 4) is 0 Å². The molecule has 0 saturated heterocycles. The molecule has 3 N–H and O–H groups in total. The van der Waals surface area contributed by atoms with Crippen LogP contribution in [0.3, 0.4) is 0 Å². The molecule has 1 amide bonds. The van der Waals surface area contributed by atoms with Gasteiger partial charge in [0.25, 0.3) is 5.91 Å². The minimum atomic E-state index is -0.120. The van der Waals surface area contributed by atoms with Gasteiger partial charge in [-0.25, -0.2) is 0 Å². The lowest BCUT2D eigenvalue weighted by Crippen LogP contribution is -2.25. The number of rotatable bonds is 6. The maximum Gasteiger partial charge on any atom is 0.253 e. The average molecular weight is 272 g/mol. The molecule has 4 nitrogen and oxygen atoms in total. The molecule has 0 bridgehead atoms. The Bertz CT molecular complexity index is 596. The summed E-state index contributed by atoms with van der Waals surface area (Å²) >= 11 is 0. The number of anilines is 1. The largest absolute Gasteiger partial charge is 0.398 e. The minimum absolute atomic E-state index is 0.120. The van der Waals surface area contributed by atoms with Crippen molar-refractivity contribution in [2.75, 3.05) is 26.0 Å². The van der Waals surface area contributed by atoms with E-state index in [0.717, 1.165) is 23.6 Å². The van der Waals surface area contributed by atoms with Crippen LogP contribution in [0.2, 0.25) is 0 Å². The van der Waals surface area contributed by atoms with Gasteiger partial charge in [0.05, 0.1) is 5.56 Å². The molecule has 0 aliphatic carbocycles. The van der Waals surface area contributed by atoms with Crippen LogP contribution in [0, 0.1) is 0 Å². The molecule has 0 aliphatic rings. The third-order valence-corrected chi connectivity index (χ3v) is 3.22. The monoisotopic (exact) mass is 272 g/mol. The summed E-state index contributed by atoms with van der Waals surface area (Å²) in [5, 5.41) is 4.95. The van der Waals surface area contributed by atoms with Gasteiger partial charge in [-0.1, -0.05) is 24.3 Å². The lowest BCUT2D eigenvalue weighted by atomic mass is 10.0. The number of amides is 1. The van der Waals surface area contributed by atoms with Crippen LogP contribution in [0.5, 0.6) is 0 Å². The Labute approximate surface area is 118 Å². The molecule has 0 heterocycles. The highest BCUT2D eigenvalue weighted by molar-refractivity contribution is 6.03. The number of carbonyl (C=O) groups excluding carboxylic acids is 1. The van der Waals surface area contributed by atoms with Crippen molar-refractivity contribution in [1.29, 1.82) is 0 Å². The fourth-order valence-corrected chi connectivity index (χ4v) is 2.12. The summed E-state index contributed by atoms with van der Waals surface area (Å²) in [7, 11) is 1.67. The number of benzene rings is 2. The summed E-state index contributed by atoms with van der Waals surface area (Å²) in [6.45, 7) is 1.35. The smallest absolute Gasteiger partial charge is 0.253 e. The van der Waals surface area contributed by atoms with Gasteiger partial charge in [-0.3, -0.25) is 4.79 Å². The molecule has 2 aromatic carbocycles. The number of fused-ring (bicyclic) bond motifs is 1. The molecular formula is C16H20N2O2. The van der Waals surface area contributed by atoms with Gasteiger partial charge in [-0.15, -0.1) is 0 Å². The van der Waals surface area contributed by atoms with Gasteiger partial charge in [-0.05, 0) is 35.7 Å². The fourth-order valence-electron chi connectivity index (χ4n) is 2.12. The standard InChI is InChI=1S/C16H20N2O2/c1-20-9-5-4-8-18-16(19)14-10-12-6-2-3-7-13(12)11-15(14)17/h2-3,6-7,10-11H,4-5,8-9,17H2,1H3,(H,18,19). The Morgan fingerprint density at radius 2 is 1.90 bits per heavy atom. The second-order valence-electron chi connectivity index (χ2n) is 4.74. The average Bonchev–Trinajstić information content (AvgIpc) is 2.46. The van der Waals surface area contributed by atoms with E-state index in [1.54, 1.807) is 7.11 Å². The third kappa shape index (κ3) is 3.48. The Morgan fingerprint density at radius 1 is 1.20 bits per heavy atom. The molecule has 0 unspecified atom stereocenters. The maximum absolute atomic E-state index is 12.1. The Balaban J connectivity index is 2.04. The van der Waals surface area contributed by atoms with Gasteiger partial charge < -0.3 is 15.8 Å². The zero-order chi connectivity index (χ0) is 14.4. The quantitative estimate of drug-likeness (QED) is 0.627. The predicted octanol–water partition coefficient (Wildman–Crippen LogP) is 2.58. The summed E-state index contributed by atoms with van der Waals surface area (Å²) in [4.78, 5) is 12.1. The molecule has 0 spiro atoms. The Hall–Kier alpha value is -2.07. The SMILES string of the molecule is COCCCCNC(=O)c1cc2ccccc2cc1N. The first-order valence-corrected chi connectivity index (χ1v) is 6.78. The number of nitrogen functional groups attached to an aromatic ring is 1. The van der Waals surface area contributed by atoms with E-state index >= 15 is 0 Å². The van der Waals surface area contributed by atoms with E-state index in [4.69, 9.17) is 10.5 Å². The van der Waals surface area contributed by atoms with E-state index < -0.39 is 0 Å². The van der Waals surface area contributed by atoms with Crippen LogP contribution < -0.4 is 11.1 Å².